The molecule has 7 heteroatoms. The molecule has 102 valence electrons. The Labute approximate surface area is 114 Å². The Hall–Kier alpha value is -2.75. The molecule has 2 aromatic rings. The molecule has 2 N–H and O–H groups in total. The zero-order valence-electron chi connectivity index (χ0n) is 10.6. The Kier molecular flexibility index (Phi) is 4.05. The van der Waals surface area contributed by atoms with Crippen LogP contribution in [0, 0.1) is 23.0 Å². The summed E-state index contributed by atoms with van der Waals surface area (Å²) in [6, 6.07) is 5.66. The number of nitrogens with one attached hydrogen (secondary N) is 2. The van der Waals surface area contributed by atoms with Gasteiger partial charge in [0.25, 0.3) is 0 Å². The van der Waals surface area contributed by atoms with Gasteiger partial charge in [0, 0.05) is 6.54 Å². The molecule has 0 radical (unpaired) electrons. The Morgan fingerprint density at radius 3 is 2.75 bits per heavy atom. The van der Waals surface area contributed by atoms with Gasteiger partial charge >= 0.3 is 0 Å². The fourth-order valence-corrected chi connectivity index (χ4v) is 1.51. The highest BCUT2D eigenvalue weighted by Crippen LogP contribution is 2.22. The quantitative estimate of drug-likeness (QED) is 0.897. The molecule has 0 saturated carbocycles. The number of nitriles is 1. The number of halogens is 2. The van der Waals surface area contributed by atoms with E-state index in [0.717, 1.165) is 12.3 Å². The molecule has 0 aliphatic heterocycles. The minimum atomic E-state index is -0.699. The highest BCUT2D eigenvalue weighted by Gasteiger charge is 2.10. The van der Waals surface area contributed by atoms with Crippen molar-refractivity contribution in [1.29, 1.82) is 5.26 Å². The zero-order valence-corrected chi connectivity index (χ0v) is 10.6. The van der Waals surface area contributed by atoms with E-state index in [4.69, 9.17) is 5.26 Å². The largest absolute Gasteiger partial charge is 0.354 e. The molecule has 0 bridgehead atoms. The molecule has 2 rings (SSSR count). The second-order valence-electron chi connectivity index (χ2n) is 3.85. The van der Waals surface area contributed by atoms with Gasteiger partial charge in [-0.05, 0) is 25.1 Å². The lowest BCUT2D eigenvalue weighted by molar-refractivity contribution is 0.616. The molecule has 1 heterocycles. The summed E-state index contributed by atoms with van der Waals surface area (Å²) >= 11 is 0. The molecule has 5 nitrogen and oxygen atoms in total. The third-order valence-corrected chi connectivity index (χ3v) is 2.43. The lowest BCUT2D eigenvalue weighted by atomic mass is 10.2. The number of nitrogens with zero attached hydrogens (tertiary/aromatic N) is 3. The molecule has 0 atom stereocenters. The van der Waals surface area contributed by atoms with Crippen LogP contribution < -0.4 is 10.6 Å². The number of rotatable bonds is 4. The Bertz CT molecular complexity index is 666. The third-order valence-electron chi connectivity index (χ3n) is 2.43. The minimum absolute atomic E-state index is 0.0315. The van der Waals surface area contributed by atoms with Crippen molar-refractivity contribution < 1.29 is 8.78 Å². The monoisotopic (exact) mass is 275 g/mol. The van der Waals surface area contributed by atoms with Crippen LogP contribution in [0.5, 0.6) is 0 Å². The summed E-state index contributed by atoms with van der Waals surface area (Å²) in [7, 11) is 0. The Morgan fingerprint density at radius 1 is 1.30 bits per heavy atom. The van der Waals surface area contributed by atoms with Crippen LogP contribution in [0.1, 0.15) is 12.5 Å². The van der Waals surface area contributed by atoms with Crippen LogP contribution >= 0.6 is 0 Å². The predicted molar refractivity (Wildman–Crippen MR) is 70.6 cm³/mol. The molecule has 20 heavy (non-hydrogen) atoms. The molecular weight excluding hydrogens is 264 g/mol. The number of hydrogen-bond acceptors (Lipinski definition) is 5. The lowest BCUT2D eigenvalue weighted by Gasteiger charge is -2.09. The van der Waals surface area contributed by atoms with Gasteiger partial charge in [-0.25, -0.2) is 13.8 Å². The van der Waals surface area contributed by atoms with Gasteiger partial charge in [0.05, 0.1) is 23.5 Å². The number of hydrogen-bond donors (Lipinski definition) is 2. The van der Waals surface area contributed by atoms with Crippen LogP contribution in [-0.4, -0.2) is 16.5 Å². The molecular formula is C13H11F2N5. The Morgan fingerprint density at radius 2 is 2.10 bits per heavy atom. The molecule has 1 aromatic carbocycles. The van der Waals surface area contributed by atoms with Crippen LogP contribution in [-0.2, 0) is 0 Å². The first-order valence-corrected chi connectivity index (χ1v) is 5.87. The summed E-state index contributed by atoms with van der Waals surface area (Å²) in [4.78, 5) is 7.65. The summed E-state index contributed by atoms with van der Waals surface area (Å²) in [5, 5.41) is 14.0. The molecule has 0 aliphatic rings. The van der Waals surface area contributed by atoms with Crippen LogP contribution in [0.25, 0.3) is 0 Å². The highest BCUT2D eigenvalue weighted by atomic mass is 19.1. The molecule has 0 unspecified atom stereocenters. The van der Waals surface area contributed by atoms with Gasteiger partial charge in [-0.1, -0.05) is 0 Å². The lowest BCUT2D eigenvalue weighted by Crippen LogP contribution is -2.06. The first kappa shape index (κ1) is 13.7. The van der Waals surface area contributed by atoms with E-state index in [1.165, 1.54) is 12.1 Å². The van der Waals surface area contributed by atoms with E-state index in [1.54, 1.807) is 0 Å². The maximum atomic E-state index is 13.7. The van der Waals surface area contributed by atoms with Crippen LogP contribution in [0.2, 0.25) is 0 Å². The number of anilines is 3. The maximum absolute atomic E-state index is 13.7. The van der Waals surface area contributed by atoms with Crippen molar-refractivity contribution in [3.63, 3.8) is 0 Å². The van der Waals surface area contributed by atoms with E-state index < -0.39 is 11.6 Å². The van der Waals surface area contributed by atoms with Crippen molar-refractivity contribution in [3.8, 4) is 6.07 Å². The van der Waals surface area contributed by atoms with Gasteiger partial charge in [-0.2, -0.15) is 10.2 Å². The van der Waals surface area contributed by atoms with E-state index in [2.05, 4.69) is 20.6 Å². The van der Waals surface area contributed by atoms with Gasteiger partial charge in [0.1, 0.15) is 5.82 Å². The molecule has 0 saturated heterocycles. The summed E-state index contributed by atoms with van der Waals surface area (Å²) < 4.78 is 27.3. The molecule has 1 aromatic heterocycles. The second-order valence-corrected chi connectivity index (χ2v) is 3.85. The van der Waals surface area contributed by atoms with E-state index in [-0.39, 0.29) is 23.0 Å². The van der Waals surface area contributed by atoms with Crippen LogP contribution in [0.4, 0.5) is 26.2 Å². The summed E-state index contributed by atoms with van der Waals surface area (Å²) in [5.41, 5.74) is 0.216. The smallest absolute Gasteiger partial charge is 0.224 e. The average Bonchev–Trinajstić information content (AvgIpc) is 2.44. The maximum Gasteiger partial charge on any atom is 0.224 e. The first-order chi connectivity index (χ1) is 9.63. The molecule has 0 spiro atoms. The molecule has 0 amide bonds. The standard InChI is InChI=1S/C13H11F2N5/c1-2-17-13-18-7-10(15)12(20-13)19-11-4-3-8(6-16)5-9(11)14/h3-5,7H,2H2,1H3,(H2,17,18,19,20). The number of benzene rings is 1. The topological polar surface area (TPSA) is 73.6 Å². The summed E-state index contributed by atoms with van der Waals surface area (Å²) in [6.07, 6.45) is 0.995. The fraction of sp³-hybridized carbons (Fsp3) is 0.154. The highest BCUT2D eigenvalue weighted by molar-refractivity contribution is 5.59. The second kappa shape index (κ2) is 5.93. The molecule has 0 aliphatic carbocycles. The van der Waals surface area contributed by atoms with Gasteiger partial charge < -0.3 is 10.6 Å². The first-order valence-electron chi connectivity index (χ1n) is 5.87. The van der Waals surface area contributed by atoms with Crippen molar-refractivity contribution in [2.24, 2.45) is 0 Å². The average molecular weight is 275 g/mol. The van der Waals surface area contributed by atoms with Crippen molar-refractivity contribution >= 4 is 17.5 Å². The number of aromatic nitrogens is 2. The van der Waals surface area contributed by atoms with Gasteiger partial charge in [-0.15, -0.1) is 0 Å². The summed E-state index contributed by atoms with van der Waals surface area (Å²) in [6.45, 7) is 2.43. The summed E-state index contributed by atoms with van der Waals surface area (Å²) in [5.74, 6) is -1.26. The normalized spacial score (nSPS) is 9.90. The predicted octanol–water partition coefficient (Wildman–Crippen LogP) is 2.80. The third kappa shape index (κ3) is 2.98. The van der Waals surface area contributed by atoms with Gasteiger partial charge in [0.2, 0.25) is 5.95 Å². The SMILES string of the molecule is CCNc1ncc(F)c(Nc2ccc(C#N)cc2F)n1. The van der Waals surface area contributed by atoms with E-state index in [0.29, 0.717) is 6.54 Å². The zero-order chi connectivity index (χ0) is 14.5. The van der Waals surface area contributed by atoms with Crippen molar-refractivity contribution in [2.75, 3.05) is 17.2 Å². The molecule has 0 fully saturated rings. The van der Waals surface area contributed by atoms with Crippen molar-refractivity contribution in [3.05, 3.63) is 41.6 Å². The van der Waals surface area contributed by atoms with Gasteiger partial charge in [0.15, 0.2) is 11.6 Å². The van der Waals surface area contributed by atoms with E-state index in [1.807, 2.05) is 13.0 Å². The fourth-order valence-electron chi connectivity index (χ4n) is 1.51. The van der Waals surface area contributed by atoms with Crippen LogP contribution in [0.3, 0.4) is 0 Å². The van der Waals surface area contributed by atoms with E-state index in [9.17, 15) is 8.78 Å². The van der Waals surface area contributed by atoms with Gasteiger partial charge in [-0.3, -0.25) is 0 Å². The van der Waals surface area contributed by atoms with Crippen molar-refractivity contribution in [1.82, 2.24) is 9.97 Å². The van der Waals surface area contributed by atoms with Crippen molar-refractivity contribution in [2.45, 2.75) is 6.92 Å². The minimum Gasteiger partial charge on any atom is -0.354 e. The Balaban J connectivity index is 2.30. The van der Waals surface area contributed by atoms with Crippen LogP contribution in [0.15, 0.2) is 24.4 Å². The van der Waals surface area contributed by atoms with E-state index >= 15 is 0 Å².